The van der Waals surface area contributed by atoms with Gasteiger partial charge in [0.2, 0.25) is 0 Å². The van der Waals surface area contributed by atoms with Gasteiger partial charge in [0.25, 0.3) is 10.0 Å². The molecule has 1 N–H and O–H groups in total. The molecule has 1 aliphatic rings. The van der Waals surface area contributed by atoms with Gasteiger partial charge >= 0.3 is 0 Å². The Morgan fingerprint density at radius 1 is 0.893 bits per heavy atom. The summed E-state index contributed by atoms with van der Waals surface area (Å²) < 4.78 is 33.3. The quantitative estimate of drug-likeness (QED) is 0.702. The van der Waals surface area contributed by atoms with Crippen molar-refractivity contribution in [1.82, 2.24) is 0 Å². The number of rotatable bonds is 5. The Hall–Kier alpha value is -3.12. The van der Waals surface area contributed by atoms with E-state index in [4.69, 9.17) is 4.74 Å². The zero-order valence-corrected chi connectivity index (χ0v) is 16.1. The summed E-state index contributed by atoms with van der Waals surface area (Å²) in [5.74, 6) is 0.530. The van der Waals surface area contributed by atoms with Gasteiger partial charge in [0.1, 0.15) is 5.75 Å². The molecule has 0 bridgehead atoms. The lowest BCUT2D eigenvalue weighted by Crippen LogP contribution is -2.15. The van der Waals surface area contributed by atoms with Crippen LogP contribution in [0.3, 0.4) is 0 Å². The molecule has 0 aliphatic heterocycles. The molecule has 5 nitrogen and oxygen atoms in total. The number of hydrogen-bond donors (Lipinski definition) is 1. The van der Waals surface area contributed by atoms with E-state index in [1.807, 2.05) is 36.4 Å². The van der Waals surface area contributed by atoms with Crippen molar-refractivity contribution in [2.45, 2.75) is 17.7 Å². The van der Waals surface area contributed by atoms with Gasteiger partial charge in [0.15, 0.2) is 5.78 Å². The summed E-state index contributed by atoms with van der Waals surface area (Å²) in [6, 6.07) is 19.5. The van der Waals surface area contributed by atoms with E-state index in [2.05, 4.69) is 4.72 Å². The zero-order chi connectivity index (χ0) is 19.7. The largest absolute Gasteiger partial charge is 0.497 e. The van der Waals surface area contributed by atoms with Crippen molar-refractivity contribution in [2.24, 2.45) is 0 Å². The molecule has 0 saturated heterocycles. The number of carbonyl (C=O) groups is 1. The smallest absolute Gasteiger partial charge is 0.261 e. The maximum Gasteiger partial charge on any atom is 0.261 e. The summed E-state index contributed by atoms with van der Waals surface area (Å²) in [4.78, 5) is 12.6. The molecule has 6 heteroatoms. The highest BCUT2D eigenvalue weighted by molar-refractivity contribution is 7.92. The molecule has 0 saturated carbocycles. The highest BCUT2D eigenvalue weighted by Gasteiger charge is 2.28. The number of methoxy groups -OCH3 is 1. The van der Waals surface area contributed by atoms with E-state index >= 15 is 0 Å². The lowest BCUT2D eigenvalue weighted by molar-refractivity contribution is 0.0995. The van der Waals surface area contributed by atoms with Crippen LogP contribution in [0.1, 0.15) is 22.3 Å². The number of nitrogens with one attached hydrogen (secondary N) is 1. The highest BCUT2D eigenvalue weighted by atomic mass is 32.2. The molecule has 0 heterocycles. The minimum Gasteiger partial charge on any atom is -0.497 e. The van der Waals surface area contributed by atoms with Crippen LogP contribution in [0.15, 0.2) is 71.6 Å². The number of sulfonamides is 1. The van der Waals surface area contributed by atoms with Gasteiger partial charge in [-0.25, -0.2) is 8.42 Å². The van der Waals surface area contributed by atoms with Crippen molar-refractivity contribution >= 4 is 21.5 Å². The summed E-state index contributed by atoms with van der Waals surface area (Å²) >= 11 is 0. The van der Waals surface area contributed by atoms with E-state index in [1.54, 1.807) is 18.2 Å². The van der Waals surface area contributed by atoms with Crippen LogP contribution in [0.25, 0.3) is 11.1 Å². The lowest BCUT2D eigenvalue weighted by atomic mass is 9.96. The maximum atomic E-state index is 12.8. The predicted molar refractivity (Wildman–Crippen MR) is 108 cm³/mol. The van der Waals surface area contributed by atoms with Gasteiger partial charge in [-0.2, -0.15) is 0 Å². The summed E-state index contributed by atoms with van der Waals surface area (Å²) in [6.07, 6.45) is 0.993. The maximum absolute atomic E-state index is 12.8. The van der Waals surface area contributed by atoms with Crippen LogP contribution in [0.2, 0.25) is 0 Å². The number of benzene rings is 3. The molecule has 0 radical (unpaired) electrons. The van der Waals surface area contributed by atoms with Crippen LogP contribution < -0.4 is 9.46 Å². The third kappa shape index (κ3) is 3.27. The van der Waals surface area contributed by atoms with Crippen molar-refractivity contribution in [3.8, 4) is 16.9 Å². The first-order valence-corrected chi connectivity index (χ1v) is 10.4. The van der Waals surface area contributed by atoms with Gasteiger partial charge in [-0.15, -0.1) is 0 Å². The van der Waals surface area contributed by atoms with Crippen LogP contribution in [0.5, 0.6) is 5.75 Å². The van der Waals surface area contributed by atoms with Crippen molar-refractivity contribution in [3.63, 3.8) is 0 Å². The standard InChI is InChI=1S/C22H19NO4S/c1-27-16-7-9-17(10-8-16)28(25,26)23-20-13-11-18(15-5-3-2-4-6-15)19-12-14-21(24)22(19)20/h2-11,13,23H,12,14H2,1H3. The molecule has 0 unspecified atom stereocenters. The third-order valence-corrected chi connectivity index (χ3v) is 6.27. The number of fused-ring (bicyclic) bond motifs is 1. The second-order valence-corrected chi connectivity index (χ2v) is 8.27. The van der Waals surface area contributed by atoms with Gasteiger partial charge in [0.05, 0.1) is 17.7 Å². The molecule has 0 aromatic heterocycles. The minimum absolute atomic E-state index is 0.0415. The van der Waals surface area contributed by atoms with E-state index in [1.165, 1.54) is 19.2 Å². The molecule has 142 valence electrons. The molecule has 0 amide bonds. The van der Waals surface area contributed by atoms with E-state index in [0.717, 1.165) is 16.7 Å². The zero-order valence-electron chi connectivity index (χ0n) is 15.3. The molecule has 0 spiro atoms. The fourth-order valence-corrected chi connectivity index (χ4v) is 4.59. The van der Waals surface area contributed by atoms with E-state index in [-0.39, 0.29) is 10.7 Å². The Balaban J connectivity index is 1.74. The number of ether oxygens (including phenoxy) is 1. The summed E-state index contributed by atoms with van der Waals surface area (Å²) in [7, 11) is -2.30. The van der Waals surface area contributed by atoms with E-state index in [9.17, 15) is 13.2 Å². The van der Waals surface area contributed by atoms with Crippen molar-refractivity contribution in [3.05, 3.63) is 77.9 Å². The SMILES string of the molecule is COc1ccc(S(=O)(=O)Nc2ccc(-c3ccccc3)c3c2C(=O)CC3)cc1. The second kappa shape index (κ2) is 7.13. The average Bonchev–Trinajstić information content (AvgIpc) is 3.11. The first-order valence-electron chi connectivity index (χ1n) is 8.91. The highest BCUT2D eigenvalue weighted by Crippen LogP contribution is 2.37. The number of Topliss-reactive ketones (excluding diaryl/α,β-unsaturated/α-hetero) is 1. The normalized spacial score (nSPS) is 13.2. The summed E-state index contributed by atoms with van der Waals surface area (Å²) in [6.45, 7) is 0. The Kier molecular flexibility index (Phi) is 4.65. The van der Waals surface area contributed by atoms with Crippen LogP contribution in [-0.2, 0) is 16.4 Å². The number of anilines is 1. The fraction of sp³-hybridized carbons (Fsp3) is 0.136. The molecule has 0 atom stereocenters. The summed E-state index contributed by atoms with van der Waals surface area (Å²) in [5.41, 5.74) is 3.67. The second-order valence-electron chi connectivity index (χ2n) is 6.58. The van der Waals surface area contributed by atoms with E-state index < -0.39 is 10.0 Å². The fourth-order valence-electron chi connectivity index (χ4n) is 3.52. The third-order valence-electron chi connectivity index (χ3n) is 4.89. The van der Waals surface area contributed by atoms with Crippen LogP contribution in [0, 0.1) is 0 Å². The monoisotopic (exact) mass is 393 g/mol. The van der Waals surface area contributed by atoms with Crippen molar-refractivity contribution in [2.75, 3.05) is 11.8 Å². The van der Waals surface area contributed by atoms with Gasteiger partial charge < -0.3 is 4.74 Å². The van der Waals surface area contributed by atoms with Crippen LogP contribution >= 0.6 is 0 Å². The molecular weight excluding hydrogens is 374 g/mol. The number of ketones is 1. The molecule has 4 rings (SSSR count). The molecule has 28 heavy (non-hydrogen) atoms. The lowest BCUT2D eigenvalue weighted by Gasteiger charge is -2.15. The Bertz CT molecular complexity index is 1140. The molecule has 0 fully saturated rings. The number of hydrogen-bond acceptors (Lipinski definition) is 4. The van der Waals surface area contributed by atoms with E-state index in [0.29, 0.717) is 29.8 Å². The topological polar surface area (TPSA) is 72.5 Å². The van der Waals surface area contributed by atoms with Crippen LogP contribution in [-0.4, -0.2) is 21.3 Å². The van der Waals surface area contributed by atoms with Gasteiger partial charge in [0, 0.05) is 12.0 Å². The van der Waals surface area contributed by atoms with Gasteiger partial charge in [-0.05, 0) is 53.4 Å². The first kappa shape index (κ1) is 18.3. The molecule has 3 aromatic carbocycles. The van der Waals surface area contributed by atoms with Crippen LogP contribution in [0.4, 0.5) is 5.69 Å². The molecular formula is C22H19NO4S. The Morgan fingerprint density at radius 2 is 1.61 bits per heavy atom. The Morgan fingerprint density at radius 3 is 2.29 bits per heavy atom. The van der Waals surface area contributed by atoms with Gasteiger partial charge in [-0.3, -0.25) is 9.52 Å². The predicted octanol–water partition coefficient (Wildman–Crippen LogP) is 4.29. The molecule has 3 aromatic rings. The number of carbonyl (C=O) groups excluding carboxylic acids is 1. The van der Waals surface area contributed by atoms with Crippen molar-refractivity contribution < 1.29 is 17.9 Å². The van der Waals surface area contributed by atoms with Gasteiger partial charge in [-0.1, -0.05) is 36.4 Å². The van der Waals surface area contributed by atoms with Crippen molar-refractivity contribution in [1.29, 1.82) is 0 Å². The minimum atomic E-state index is -3.82. The molecule has 1 aliphatic carbocycles. The Labute approximate surface area is 164 Å². The first-order chi connectivity index (χ1) is 13.5. The average molecular weight is 393 g/mol. The summed E-state index contributed by atoms with van der Waals surface area (Å²) in [5, 5.41) is 0.